The molecule has 1 heterocycles. The van der Waals surface area contributed by atoms with E-state index in [2.05, 4.69) is 0 Å². The van der Waals surface area contributed by atoms with Gasteiger partial charge >= 0.3 is 6.18 Å². The Morgan fingerprint density at radius 3 is 2.60 bits per heavy atom. The van der Waals surface area contributed by atoms with Crippen LogP contribution in [-0.2, 0) is 4.74 Å². The van der Waals surface area contributed by atoms with Gasteiger partial charge in [0.1, 0.15) is 0 Å². The van der Waals surface area contributed by atoms with Gasteiger partial charge in [-0.1, -0.05) is 6.42 Å². The lowest BCUT2D eigenvalue weighted by atomic mass is 9.76. The number of halogens is 3. The molecule has 2 aliphatic rings. The van der Waals surface area contributed by atoms with E-state index in [0.29, 0.717) is 12.5 Å². The van der Waals surface area contributed by atoms with Crippen molar-refractivity contribution >= 4 is 0 Å². The van der Waals surface area contributed by atoms with Crippen LogP contribution in [0.5, 0.6) is 0 Å². The van der Waals surface area contributed by atoms with Crippen molar-refractivity contribution in [2.45, 2.75) is 76.1 Å². The lowest BCUT2D eigenvalue weighted by Gasteiger charge is -2.34. The van der Waals surface area contributed by atoms with Crippen LogP contribution in [-0.4, -0.2) is 24.9 Å². The fourth-order valence-corrected chi connectivity index (χ4v) is 3.60. The van der Waals surface area contributed by atoms with Gasteiger partial charge in [-0.25, -0.2) is 0 Å². The molecule has 118 valence electrons. The second-order valence-electron chi connectivity index (χ2n) is 6.40. The molecule has 0 radical (unpaired) electrons. The van der Waals surface area contributed by atoms with Crippen LogP contribution in [0.2, 0.25) is 0 Å². The van der Waals surface area contributed by atoms with Gasteiger partial charge in [0.25, 0.3) is 0 Å². The Bertz CT molecular complexity index is 289. The molecule has 2 fully saturated rings. The van der Waals surface area contributed by atoms with E-state index in [1.54, 1.807) is 0 Å². The number of nitrogens with two attached hydrogens (primary N) is 1. The fourth-order valence-electron chi connectivity index (χ4n) is 3.60. The Balaban J connectivity index is 1.69. The van der Waals surface area contributed by atoms with Crippen LogP contribution in [0.25, 0.3) is 0 Å². The molecule has 0 aromatic rings. The lowest BCUT2D eigenvalue weighted by molar-refractivity contribution is -0.186. The Morgan fingerprint density at radius 1 is 1.15 bits per heavy atom. The van der Waals surface area contributed by atoms with Crippen LogP contribution in [0.1, 0.15) is 57.8 Å². The van der Waals surface area contributed by atoms with E-state index < -0.39 is 12.1 Å². The van der Waals surface area contributed by atoms with Crippen LogP contribution < -0.4 is 5.73 Å². The Morgan fingerprint density at radius 2 is 1.95 bits per heavy atom. The topological polar surface area (TPSA) is 35.2 Å². The lowest BCUT2D eigenvalue weighted by Crippen LogP contribution is -2.37. The average Bonchev–Trinajstić information content (AvgIpc) is 2.91. The Labute approximate surface area is 119 Å². The number of rotatable bonds is 5. The molecule has 2 N–H and O–H groups in total. The number of alkyl halides is 3. The molecule has 1 aliphatic heterocycles. The maximum Gasteiger partial charge on any atom is 0.391 e. The highest BCUT2D eigenvalue weighted by atomic mass is 19.4. The zero-order chi connectivity index (χ0) is 14.6. The summed E-state index contributed by atoms with van der Waals surface area (Å²) in [5.74, 6) is -1.09. The molecular formula is C15H26F3NO. The predicted octanol–water partition coefficient (Wildman–Crippen LogP) is 4.03. The highest BCUT2D eigenvalue weighted by Crippen LogP contribution is 2.41. The number of hydrogen-bond acceptors (Lipinski definition) is 2. The SMILES string of the molecule is NC(CCCC1CCCO1)C1CCCC(C(F)(F)F)C1. The molecule has 2 rings (SSSR count). The number of ether oxygens (including phenoxy) is 1. The van der Waals surface area contributed by atoms with E-state index in [-0.39, 0.29) is 24.8 Å². The molecule has 4 atom stereocenters. The molecule has 0 spiro atoms. The maximum absolute atomic E-state index is 12.8. The minimum absolute atomic E-state index is 0.0415. The summed E-state index contributed by atoms with van der Waals surface area (Å²) in [6.07, 6.45) is 3.39. The number of hydrogen-bond donors (Lipinski definition) is 1. The molecule has 0 bridgehead atoms. The molecule has 5 heteroatoms. The smallest absolute Gasteiger partial charge is 0.378 e. The highest BCUT2D eigenvalue weighted by molar-refractivity contribution is 4.83. The summed E-state index contributed by atoms with van der Waals surface area (Å²) in [5, 5.41) is 0. The van der Waals surface area contributed by atoms with Gasteiger partial charge in [-0.05, 0) is 57.3 Å². The standard InChI is InChI=1S/C15H26F3NO/c16-15(17,18)12-5-1-4-11(10-12)14(19)8-2-6-13-7-3-9-20-13/h11-14H,1-10,19H2. The second kappa shape index (κ2) is 7.12. The van der Waals surface area contributed by atoms with Gasteiger partial charge < -0.3 is 10.5 Å². The molecule has 0 aromatic carbocycles. The third kappa shape index (κ3) is 4.62. The van der Waals surface area contributed by atoms with Gasteiger partial charge in [-0.2, -0.15) is 13.2 Å². The van der Waals surface area contributed by atoms with E-state index in [1.165, 1.54) is 0 Å². The van der Waals surface area contributed by atoms with Gasteiger partial charge in [0.05, 0.1) is 12.0 Å². The van der Waals surface area contributed by atoms with Crippen molar-refractivity contribution < 1.29 is 17.9 Å². The summed E-state index contributed by atoms with van der Waals surface area (Å²) in [6, 6.07) is -0.0819. The summed E-state index contributed by atoms with van der Waals surface area (Å²) in [7, 11) is 0. The molecule has 1 aliphatic carbocycles. The molecule has 1 saturated carbocycles. The summed E-state index contributed by atoms with van der Waals surface area (Å²) >= 11 is 0. The maximum atomic E-state index is 12.8. The normalized spacial score (nSPS) is 33.3. The molecule has 2 nitrogen and oxygen atoms in total. The van der Waals surface area contributed by atoms with Crippen molar-refractivity contribution in [1.82, 2.24) is 0 Å². The van der Waals surface area contributed by atoms with Crippen LogP contribution in [0, 0.1) is 11.8 Å². The molecule has 1 saturated heterocycles. The summed E-state index contributed by atoms with van der Waals surface area (Å²) < 4.78 is 43.9. The predicted molar refractivity (Wildman–Crippen MR) is 72.3 cm³/mol. The van der Waals surface area contributed by atoms with Crippen molar-refractivity contribution in [3.63, 3.8) is 0 Å². The molecule has 0 amide bonds. The molecule has 20 heavy (non-hydrogen) atoms. The van der Waals surface area contributed by atoms with Crippen LogP contribution in [0.3, 0.4) is 0 Å². The van der Waals surface area contributed by atoms with Crippen molar-refractivity contribution in [1.29, 1.82) is 0 Å². The Hall–Kier alpha value is -0.290. The van der Waals surface area contributed by atoms with E-state index >= 15 is 0 Å². The zero-order valence-electron chi connectivity index (χ0n) is 12.0. The minimum atomic E-state index is -4.05. The monoisotopic (exact) mass is 293 g/mol. The van der Waals surface area contributed by atoms with Crippen LogP contribution in [0.15, 0.2) is 0 Å². The van der Waals surface area contributed by atoms with Crippen molar-refractivity contribution in [3.05, 3.63) is 0 Å². The van der Waals surface area contributed by atoms with Crippen molar-refractivity contribution in [2.75, 3.05) is 6.61 Å². The van der Waals surface area contributed by atoms with Gasteiger partial charge in [0.15, 0.2) is 0 Å². The van der Waals surface area contributed by atoms with Crippen molar-refractivity contribution in [2.24, 2.45) is 17.6 Å². The zero-order valence-corrected chi connectivity index (χ0v) is 12.0. The summed E-state index contributed by atoms with van der Waals surface area (Å²) in [4.78, 5) is 0. The molecular weight excluding hydrogens is 267 g/mol. The third-order valence-electron chi connectivity index (χ3n) is 4.87. The highest BCUT2D eigenvalue weighted by Gasteiger charge is 2.43. The summed E-state index contributed by atoms with van der Waals surface area (Å²) in [6.45, 7) is 0.854. The second-order valence-corrected chi connectivity index (χ2v) is 6.40. The van der Waals surface area contributed by atoms with E-state index in [4.69, 9.17) is 10.5 Å². The van der Waals surface area contributed by atoms with Crippen LogP contribution >= 0.6 is 0 Å². The van der Waals surface area contributed by atoms with Gasteiger partial charge in [-0.15, -0.1) is 0 Å². The average molecular weight is 293 g/mol. The fraction of sp³-hybridized carbons (Fsp3) is 1.00. The first-order chi connectivity index (χ1) is 9.47. The summed E-state index contributed by atoms with van der Waals surface area (Å²) in [5.41, 5.74) is 6.13. The van der Waals surface area contributed by atoms with E-state index in [9.17, 15) is 13.2 Å². The van der Waals surface area contributed by atoms with E-state index in [1.807, 2.05) is 0 Å². The van der Waals surface area contributed by atoms with Crippen molar-refractivity contribution in [3.8, 4) is 0 Å². The largest absolute Gasteiger partial charge is 0.391 e. The first kappa shape index (κ1) is 16.1. The van der Waals surface area contributed by atoms with Gasteiger partial charge in [0, 0.05) is 12.6 Å². The minimum Gasteiger partial charge on any atom is -0.378 e. The van der Waals surface area contributed by atoms with Gasteiger partial charge in [0.2, 0.25) is 0 Å². The Kier molecular flexibility index (Phi) is 5.73. The van der Waals surface area contributed by atoms with E-state index in [0.717, 1.165) is 45.1 Å². The first-order valence-corrected chi connectivity index (χ1v) is 7.90. The molecule has 0 aromatic heterocycles. The third-order valence-corrected chi connectivity index (χ3v) is 4.87. The molecule has 4 unspecified atom stereocenters. The van der Waals surface area contributed by atoms with Crippen LogP contribution in [0.4, 0.5) is 13.2 Å². The van der Waals surface area contributed by atoms with Gasteiger partial charge in [-0.3, -0.25) is 0 Å². The quantitative estimate of drug-likeness (QED) is 0.830. The first-order valence-electron chi connectivity index (χ1n) is 7.90.